The van der Waals surface area contributed by atoms with E-state index in [4.69, 9.17) is 0 Å². The summed E-state index contributed by atoms with van der Waals surface area (Å²) in [6.45, 7) is 2.10. The van der Waals surface area contributed by atoms with Crippen molar-refractivity contribution in [3.05, 3.63) is 35.6 Å². The fraction of sp³-hybridized carbons (Fsp3) is 0.538. The van der Waals surface area contributed by atoms with Crippen molar-refractivity contribution in [2.75, 3.05) is 0 Å². The van der Waals surface area contributed by atoms with E-state index in [1.165, 1.54) is 12.1 Å². The zero-order valence-corrected chi connectivity index (χ0v) is 9.04. The van der Waals surface area contributed by atoms with E-state index in [9.17, 15) is 9.50 Å². The second kappa shape index (κ2) is 3.93. The first kappa shape index (κ1) is 10.6. The summed E-state index contributed by atoms with van der Waals surface area (Å²) in [5.74, 6) is 0.0800. The third-order valence-electron chi connectivity index (χ3n) is 3.62. The van der Waals surface area contributed by atoms with Gasteiger partial charge in [-0.1, -0.05) is 25.5 Å². The Morgan fingerprint density at radius 2 is 2.07 bits per heavy atom. The van der Waals surface area contributed by atoms with Gasteiger partial charge in [-0.25, -0.2) is 4.39 Å². The van der Waals surface area contributed by atoms with Gasteiger partial charge in [-0.3, -0.25) is 0 Å². The molecule has 1 aromatic rings. The number of rotatable bonds is 2. The van der Waals surface area contributed by atoms with Crippen LogP contribution in [0.4, 0.5) is 4.39 Å². The summed E-state index contributed by atoms with van der Waals surface area (Å²) in [6, 6.07) is 6.28. The average Bonchev–Trinajstić information content (AvgIpc) is 2.61. The second-order valence-corrected chi connectivity index (χ2v) is 4.43. The Kier molecular flexibility index (Phi) is 2.79. The first-order valence-corrected chi connectivity index (χ1v) is 5.65. The fourth-order valence-corrected chi connectivity index (χ4v) is 2.72. The van der Waals surface area contributed by atoms with Crippen LogP contribution in [0.1, 0.15) is 38.2 Å². The van der Waals surface area contributed by atoms with E-state index < -0.39 is 5.60 Å². The van der Waals surface area contributed by atoms with Gasteiger partial charge in [-0.2, -0.15) is 0 Å². The molecule has 0 aliphatic heterocycles. The number of aliphatic hydroxyl groups is 1. The largest absolute Gasteiger partial charge is 0.385 e. The summed E-state index contributed by atoms with van der Waals surface area (Å²) >= 11 is 0. The van der Waals surface area contributed by atoms with Gasteiger partial charge in [0.25, 0.3) is 0 Å². The van der Waals surface area contributed by atoms with Gasteiger partial charge in [-0.15, -0.1) is 0 Å². The Bertz CT molecular complexity index is 333. The molecule has 1 aromatic carbocycles. The topological polar surface area (TPSA) is 20.2 Å². The predicted molar refractivity (Wildman–Crippen MR) is 57.9 cm³/mol. The average molecular weight is 208 g/mol. The summed E-state index contributed by atoms with van der Waals surface area (Å²) in [4.78, 5) is 0. The van der Waals surface area contributed by atoms with Gasteiger partial charge >= 0.3 is 0 Å². The molecule has 0 radical (unpaired) electrons. The van der Waals surface area contributed by atoms with Gasteiger partial charge < -0.3 is 5.11 Å². The van der Waals surface area contributed by atoms with Crippen molar-refractivity contribution in [2.24, 2.45) is 5.92 Å². The van der Waals surface area contributed by atoms with E-state index in [0.29, 0.717) is 5.92 Å². The Balaban J connectivity index is 2.32. The molecule has 0 aromatic heterocycles. The quantitative estimate of drug-likeness (QED) is 0.791. The number of benzene rings is 1. The molecule has 0 amide bonds. The van der Waals surface area contributed by atoms with Gasteiger partial charge in [0.1, 0.15) is 5.82 Å². The normalized spacial score (nSPS) is 30.7. The molecular weight excluding hydrogens is 191 g/mol. The molecule has 1 fully saturated rings. The van der Waals surface area contributed by atoms with Crippen LogP contribution in [0.15, 0.2) is 24.3 Å². The maximum absolute atomic E-state index is 12.8. The summed E-state index contributed by atoms with van der Waals surface area (Å²) in [5, 5.41) is 10.6. The molecule has 1 nitrogen and oxygen atoms in total. The SMILES string of the molecule is CCC1CCCC1(O)c1ccc(F)cc1. The van der Waals surface area contributed by atoms with Gasteiger partial charge in [0.05, 0.1) is 5.60 Å². The third kappa shape index (κ3) is 1.78. The molecule has 1 aliphatic carbocycles. The lowest BCUT2D eigenvalue weighted by atomic mass is 9.82. The van der Waals surface area contributed by atoms with Crippen LogP contribution in [0.25, 0.3) is 0 Å². The molecule has 0 saturated heterocycles. The van der Waals surface area contributed by atoms with E-state index in [-0.39, 0.29) is 5.82 Å². The zero-order chi connectivity index (χ0) is 10.9. The summed E-state index contributed by atoms with van der Waals surface area (Å²) in [5.41, 5.74) is 0.149. The molecule has 2 atom stereocenters. The lowest BCUT2D eigenvalue weighted by Gasteiger charge is -2.30. The van der Waals surface area contributed by atoms with E-state index in [1.54, 1.807) is 12.1 Å². The maximum atomic E-state index is 12.8. The van der Waals surface area contributed by atoms with Crippen LogP contribution in [0.2, 0.25) is 0 Å². The van der Waals surface area contributed by atoms with E-state index in [1.807, 2.05) is 0 Å². The van der Waals surface area contributed by atoms with Crippen LogP contribution in [0.3, 0.4) is 0 Å². The van der Waals surface area contributed by atoms with Gasteiger partial charge in [0, 0.05) is 0 Å². The predicted octanol–water partition coefficient (Wildman–Crippen LogP) is 3.22. The van der Waals surface area contributed by atoms with Crippen molar-refractivity contribution >= 4 is 0 Å². The highest BCUT2D eigenvalue weighted by Crippen LogP contribution is 2.44. The number of hydrogen-bond acceptors (Lipinski definition) is 1. The van der Waals surface area contributed by atoms with Crippen LogP contribution in [-0.2, 0) is 5.60 Å². The van der Waals surface area contributed by atoms with Crippen LogP contribution in [0, 0.1) is 11.7 Å². The summed E-state index contributed by atoms with van der Waals surface area (Å²) < 4.78 is 12.8. The fourth-order valence-electron chi connectivity index (χ4n) is 2.72. The van der Waals surface area contributed by atoms with Gasteiger partial charge in [0.15, 0.2) is 0 Å². The lowest BCUT2D eigenvalue weighted by Crippen LogP contribution is -2.29. The van der Waals surface area contributed by atoms with Crippen molar-refractivity contribution in [1.82, 2.24) is 0 Å². The number of hydrogen-bond donors (Lipinski definition) is 1. The van der Waals surface area contributed by atoms with Crippen LogP contribution in [-0.4, -0.2) is 5.11 Å². The van der Waals surface area contributed by atoms with E-state index in [2.05, 4.69) is 6.92 Å². The molecule has 2 rings (SSSR count). The van der Waals surface area contributed by atoms with Crippen molar-refractivity contribution in [3.63, 3.8) is 0 Å². The van der Waals surface area contributed by atoms with Gasteiger partial charge in [0.2, 0.25) is 0 Å². The minimum Gasteiger partial charge on any atom is -0.385 e. The standard InChI is InChI=1S/C13H17FO/c1-2-10-4-3-9-13(10,15)11-5-7-12(14)8-6-11/h5-8,10,15H,2-4,9H2,1H3. The number of halogens is 1. The van der Waals surface area contributed by atoms with Crippen molar-refractivity contribution in [2.45, 2.75) is 38.2 Å². The molecule has 1 aliphatic rings. The molecule has 0 bridgehead atoms. The molecule has 0 spiro atoms. The maximum Gasteiger partial charge on any atom is 0.123 e. The van der Waals surface area contributed by atoms with Crippen molar-refractivity contribution in [3.8, 4) is 0 Å². The summed E-state index contributed by atoms with van der Waals surface area (Å²) in [6.07, 6.45) is 3.92. The Morgan fingerprint density at radius 1 is 1.40 bits per heavy atom. The molecule has 15 heavy (non-hydrogen) atoms. The smallest absolute Gasteiger partial charge is 0.123 e. The minimum atomic E-state index is -0.720. The van der Waals surface area contributed by atoms with Crippen molar-refractivity contribution in [1.29, 1.82) is 0 Å². The highest BCUT2D eigenvalue weighted by atomic mass is 19.1. The molecule has 1 saturated carbocycles. The Hall–Kier alpha value is -0.890. The lowest BCUT2D eigenvalue weighted by molar-refractivity contribution is -0.00392. The Morgan fingerprint density at radius 3 is 2.67 bits per heavy atom. The molecule has 82 valence electrons. The van der Waals surface area contributed by atoms with Crippen LogP contribution < -0.4 is 0 Å². The van der Waals surface area contributed by atoms with Crippen molar-refractivity contribution < 1.29 is 9.50 Å². The molecule has 0 heterocycles. The summed E-state index contributed by atoms with van der Waals surface area (Å²) in [7, 11) is 0. The third-order valence-corrected chi connectivity index (χ3v) is 3.62. The zero-order valence-electron chi connectivity index (χ0n) is 9.04. The highest BCUT2D eigenvalue weighted by Gasteiger charge is 2.41. The molecular formula is C13H17FO. The van der Waals surface area contributed by atoms with E-state index >= 15 is 0 Å². The molecule has 2 heteroatoms. The van der Waals surface area contributed by atoms with E-state index in [0.717, 1.165) is 31.2 Å². The first-order chi connectivity index (χ1) is 7.16. The molecule has 1 N–H and O–H groups in total. The minimum absolute atomic E-state index is 0.242. The van der Waals surface area contributed by atoms with Crippen LogP contribution >= 0.6 is 0 Å². The van der Waals surface area contributed by atoms with Gasteiger partial charge in [-0.05, 0) is 42.9 Å². The second-order valence-electron chi connectivity index (χ2n) is 4.43. The molecule has 2 unspecified atom stereocenters. The first-order valence-electron chi connectivity index (χ1n) is 5.65. The Labute approximate surface area is 89.9 Å². The van der Waals surface area contributed by atoms with Crippen LogP contribution in [0.5, 0.6) is 0 Å². The highest BCUT2D eigenvalue weighted by molar-refractivity contribution is 5.25. The monoisotopic (exact) mass is 208 g/mol.